The predicted molar refractivity (Wildman–Crippen MR) is 83.9 cm³/mol. The van der Waals surface area contributed by atoms with Gasteiger partial charge in [-0.05, 0) is 42.5 Å². The molecule has 0 amide bonds. The highest BCUT2D eigenvalue weighted by molar-refractivity contribution is 6.31. The summed E-state index contributed by atoms with van der Waals surface area (Å²) in [7, 11) is 1.54. The maximum atomic E-state index is 12.5. The molecule has 22 heavy (non-hydrogen) atoms. The molecule has 0 unspecified atom stereocenters. The molecule has 3 aromatic rings. The van der Waals surface area contributed by atoms with Crippen molar-refractivity contribution in [3.05, 3.63) is 75.1 Å². The van der Waals surface area contributed by atoms with E-state index in [-0.39, 0.29) is 10.9 Å². The summed E-state index contributed by atoms with van der Waals surface area (Å²) in [5, 5.41) is 0.695. The standard InChI is InChI=1S/C17H11ClO4/c1-21-12-5-2-10(3-6-12)16(19)14-9-22-15-7-4-11(18)8-13(15)17(14)20/h2-9H,1H3. The largest absolute Gasteiger partial charge is 0.497 e. The minimum absolute atomic E-state index is 0.0278. The molecule has 0 atom stereocenters. The number of methoxy groups -OCH3 is 1. The summed E-state index contributed by atoms with van der Waals surface area (Å²) in [6.45, 7) is 0. The summed E-state index contributed by atoms with van der Waals surface area (Å²) in [6.07, 6.45) is 1.19. The van der Waals surface area contributed by atoms with E-state index in [1.807, 2.05) is 0 Å². The zero-order valence-corrected chi connectivity index (χ0v) is 12.4. The highest BCUT2D eigenvalue weighted by atomic mass is 35.5. The maximum Gasteiger partial charge on any atom is 0.203 e. The van der Waals surface area contributed by atoms with Crippen LogP contribution in [0.5, 0.6) is 5.75 Å². The maximum absolute atomic E-state index is 12.5. The fourth-order valence-electron chi connectivity index (χ4n) is 2.16. The van der Waals surface area contributed by atoms with Gasteiger partial charge in [0.15, 0.2) is 5.78 Å². The zero-order chi connectivity index (χ0) is 15.7. The van der Waals surface area contributed by atoms with Gasteiger partial charge in [0.05, 0.1) is 12.5 Å². The lowest BCUT2D eigenvalue weighted by Crippen LogP contribution is -2.15. The molecule has 3 rings (SSSR count). The number of hydrogen-bond donors (Lipinski definition) is 0. The zero-order valence-electron chi connectivity index (χ0n) is 11.6. The number of carbonyl (C=O) groups is 1. The van der Waals surface area contributed by atoms with Crippen LogP contribution in [-0.4, -0.2) is 12.9 Å². The first kappa shape index (κ1) is 14.4. The van der Waals surface area contributed by atoms with Crippen molar-refractivity contribution in [2.75, 3.05) is 7.11 Å². The van der Waals surface area contributed by atoms with E-state index in [1.165, 1.54) is 12.3 Å². The molecule has 0 N–H and O–H groups in total. The number of ketones is 1. The molecule has 0 saturated carbocycles. The molecule has 2 aromatic carbocycles. The highest BCUT2D eigenvalue weighted by Gasteiger charge is 2.16. The average molecular weight is 315 g/mol. The molecule has 0 bridgehead atoms. The topological polar surface area (TPSA) is 56.5 Å². The molecule has 1 aromatic heterocycles. The first-order valence-electron chi connectivity index (χ1n) is 6.50. The summed E-state index contributed by atoms with van der Waals surface area (Å²) in [6, 6.07) is 11.2. The first-order chi connectivity index (χ1) is 10.6. The Hall–Kier alpha value is -2.59. The normalized spacial score (nSPS) is 10.6. The van der Waals surface area contributed by atoms with Crippen LogP contribution in [0.1, 0.15) is 15.9 Å². The predicted octanol–water partition coefficient (Wildman–Crippen LogP) is 3.69. The van der Waals surface area contributed by atoms with E-state index >= 15 is 0 Å². The van der Waals surface area contributed by atoms with Gasteiger partial charge in [0, 0.05) is 10.6 Å². The molecule has 0 aliphatic heterocycles. The Morgan fingerprint density at radius 1 is 1.14 bits per heavy atom. The quantitative estimate of drug-likeness (QED) is 0.692. The van der Waals surface area contributed by atoms with Gasteiger partial charge in [0.25, 0.3) is 0 Å². The SMILES string of the molecule is COc1ccc(C(=O)c2coc3ccc(Cl)cc3c2=O)cc1. The van der Waals surface area contributed by atoms with Crippen molar-refractivity contribution in [2.45, 2.75) is 0 Å². The van der Waals surface area contributed by atoms with Crippen LogP contribution in [0.15, 0.2) is 57.9 Å². The molecule has 4 nitrogen and oxygen atoms in total. The van der Waals surface area contributed by atoms with Gasteiger partial charge in [-0.3, -0.25) is 9.59 Å². The van der Waals surface area contributed by atoms with Crippen LogP contribution in [0, 0.1) is 0 Å². The average Bonchev–Trinajstić information content (AvgIpc) is 2.55. The summed E-state index contributed by atoms with van der Waals surface area (Å²) in [5.41, 5.74) is 0.347. The Bertz CT molecular complexity index is 910. The van der Waals surface area contributed by atoms with Crippen LogP contribution in [0.25, 0.3) is 11.0 Å². The molecule has 0 aliphatic carbocycles. The number of halogens is 1. The van der Waals surface area contributed by atoms with Crippen LogP contribution in [0.3, 0.4) is 0 Å². The third-order valence-corrected chi connectivity index (χ3v) is 3.57. The van der Waals surface area contributed by atoms with Crippen molar-refractivity contribution < 1.29 is 13.9 Å². The number of rotatable bonds is 3. The fraction of sp³-hybridized carbons (Fsp3) is 0.0588. The number of benzene rings is 2. The Balaban J connectivity index is 2.10. The van der Waals surface area contributed by atoms with Crippen LogP contribution >= 0.6 is 11.6 Å². The van der Waals surface area contributed by atoms with E-state index in [0.717, 1.165) is 0 Å². The third kappa shape index (κ3) is 2.49. The smallest absolute Gasteiger partial charge is 0.203 e. The molecule has 110 valence electrons. The van der Waals surface area contributed by atoms with Crippen molar-refractivity contribution in [1.29, 1.82) is 0 Å². The Kier molecular flexibility index (Phi) is 3.69. The Labute approximate surface area is 130 Å². The number of ether oxygens (including phenoxy) is 1. The number of hydrogen-bond acceptors (Lipinski definition) is 4. The van der Waals surface area contributed by atoms with Crippen molar-refractivity contribution in [1.82, 2.24) is 0 Å². The molecule has 0 spiro atoms. The van der Waals surface area contributed by atoms with Crippen LogP contribution in [0.2, 0.25) is 5.02 Å². The van der Waals surface area contributed by atoms with E-state index in [4.69, 9.17) is 20.8 Å². The summed E-state index contributed by atoms with van der Waals surface area (Å²) in [5.74, 6) is 0.229. The summed E-state index contributed by atoms with van der Waals surface area (Å²) >= 11 is 5.89. The van der Waals surface area contributed by atoms with Gasteiger partial charge in [-0.2, -0.15) is 0 Å². The van der Waals surface area contributed by atoms with Crippen molar-refractivity contribution in [3.8, 4) is 5.75 Å². The van der Waals surface area contributed by atoms with Crippen molar-refractivity contribution in [2.24, 2.45) is 0 Å². The highest BCUT2D eigenvalue weighted by Crippen LogP contribution is 2.19. The van der Waals surface area contributed by atoms with Crippen molar-refractivity contribution >= 4 is 28.4 Å². The summed E-state index contributed by atoms with van der Waals surface area (Å²) in [4.78, 5) is 24.9. The van der Waals surface area contributed by atoms with Crippen LogP contribution in [0.4, 0.5) is 0 Å². The molecule has 0 aliphatic rings. The molecular formula is C17H11ClO4. The minimum Gasteiger partial charge on any atom is -0.497 e. The lowest BCUT2D eigenvalue weighted by atomic mass is 10.0. The van der Waals surface area contributed by atoms with E-state index in [9.17, 15) is 9.59 Å². The molecule has 0 saturated heterocycles. The number of fused-ring (bicyclic) bond motifs is 1. The molecule has 0 fully saturated rings. The first-order valence-corrected chi connectivity index (χ1v) is 6.88. The van der Waals surface area contributed by atoms with Crippen molar-refractivity contribution in [3.63, 3.8) is 0 Å². The second-order valence-electron chi connectivity index (χ2n) is 4.68. The van der Waals surface area contributed by atoms with Crippen LogP contribution < -0.4 is 10.2 Å². The van der Waals surface area contributed by atoms with Gasteiger partial charge in [-0.15, -0.1) is 0 Å². The molecule has 1 heterocycles. The van der Waals surface area contributed by atoms with Gasteiger partial charge in [-0.25, -0.2) is 0 Å². The summed E-state index contributed by atoms with van der Waals surface area (Å²) < 4.78 is 10.4. The van der Waals surface area contributed by atoms with E-state index in [1.54, 1.807) is 43.5 Å². The van der Waals surface area contributed by atoms with E-state index < -0.39 is 11.2 Å². The second-order valence-corrected chi connectivity index (χ2v) is 5.11. The van der Waals surface area contributed by atoms with Gasteiger partial charge < -0.3 is 9.15 Å². The Morgan fingerprint density at radius 2 is 1.86 bits per heavy atom. The molecule has 0 radical (unpaired) electrons. The lowest BCUT2D eigenvalue weighted by Gasteiger charge is -2.04. The Morgan fingerprint density at radius 3 is 2.55 bits per heavy atom. The van der Waals surface area contributed by atoms with Gasteiger partial charge >= 0.3 is 0 Å². The second kappa shape index (κ2) is 5.66. The van der Waals surface area contributed by atoms with Gasteiger partial charge in [-0.1, -0.05) is 11.6 Å². The molecule has 5 heteroatoms. The minimum atomic E-state index is -0.404. The number of carbonyl (C=O) groups excluding carboxylic acids is 1. The van der Waals surface area contributed by atoms with Gasteiger partial charge in [0.2, 0.25) is 5.43 Å². The van der Waals surface area contributed by atoms with E-state index in [2.05, 4.69) is 0 Å². The fourth-order valence-corrected chi connectivity index (χ4v) is 2.33. The van der Waals surface area contributed by atoms with Gasteiger partial charge in [0.1, 0.15) is 23.2 Å². The third-order valence-electron chi connectivity index (χ3n) is 3.33. The lowest BCUT2D eigenvalue weighted by molar-refractivity contribution is 0.103. The van der Waals surface area contributed by atoms with Crippen LogP contribution in [-0.2, 0) is 0 Å². The van der Waals surface area contributed by atoms with E-state index in [0.29, 0.717) is 21.9 Å². The monoisotopic (exact) mass is 314 g/mol. The molecular weight excluding hydrogens is 304 g/mol.